The van der Waals surface area contributed by atoms with Crippen LogP contribution in [0.3, 0.4) is 0 Å². The van der Waals surface area contributed by atoms with Crippen LogP contribution in [-0.2, 0) is 23.8 Å². The molecule has 2 fully saturated rings. The standard InChI is InChI=1S/C13H12Cl4O5/c1-3-20-13(21-4-2)11(16)5-6(10(19)22-9(5)18)12(13,17)8(15)7(11)14/h5-6H,3-4H2,1-2H3/t5-,6-,11-,12+/m1/s1. The Bertz CT molecular complexity index is 555. The van der Waals surface area contributed by atoms with Crippen LogP contribution < -0.4 is 0 Å². The van der Waals surface area contributed by atoms with Gasteiger partial charge in [0.2, 0.25) is 5.79 Å². The number of cyclic esters (lactones) is 2. The van der Waals surface area contributed by atoms with Gasteiger partial charge in [-0.25, -0.2) is 0 Å². The minimum Gasteiger partial charge on any atom is -0.393 e. The molecule has 1 aliphatic heterocycles. The molecule has 0 aromatic heterocycles. The third-order valence-electron chi connectivity index (χ3n) is 4.38. The molecule has 5 nitrogen and oxygen atoms in total. The summed E-state index contributed by atoms with van der Waals surface area (Å²) in [5.74, 6) is -5.58. The van der Waals surface area contributed by atoms with Gasteiger partial charge in [0, 0.05) is 13.2 Å². The Morgan fingerprint density at radius 2 is 1.32 bits per heavy atom. The lowest BCUT2D eigenvalue weighted by molar-refractivity contribution is -0.247. The molecule has 0 N–H and O–H groups in total. The Kier molecular flexibility index (Phi) is 3.80. The molecule has 22 heavy (non-hydrogen) atoms. The summed E-state index contributed by atoms with van der Waals surface area (Å²) in [7, 11) is 0. The number of carbonyl (C=O) groups is 2. The summed E-state index contributed by atoms with van der Waals surface area (Å²) in [4.78, 5) is 20.8. The van der Waals surface area contributed by atoms with E-state index in [9.17, 15) is 9.59 Å². The second kappa shape index (κ2) is 4.98. The Labute approximate surface area is 146 Å². The number of carbonyl (C=O) groups excluding carboxylic acids is 2. The molecule has 1 heterocycles. The molecule has 1 saturated heterocycles. The van der Waals surface area contributed by atoms with E-state index in [1.54, 1.807) is 13.8 Å². The van der Waals surface area contributed by atoms with Crippen LogP contribution in [0.4, 0.5) is 0 Å². The lowest BCUT2D eigenvalue weighted by Gasteiger charge is -2.43. The van der Waals surface area contributed by atoms with Gasteiger partial charge in [0.25, 0.3) is 0 Å². The first-order valence-corrected chi connectivity index (χ1v) is 8.22. The first-order valence-electron chi connectivity index (χ1n) is 6.71. The van der Waals surface area contributed by atoms with Crippen LogP contribution >= 0.6 is 46.4 Å². The van der Waals surface area contributed by atoms with Gasteiger partial charge in [-0.2, -0.15) is 0 Å². The molecule has 2 bridgehead atoms. The molecule has 0 unspecified atom stereocenters. The van der Waals surface area contributed by atoms with E-state index in [1.165, 1.54) is 0 Å². The van der Waals surface area contributed by atoms with E-state index in [0.717, 1.165) is 0 Å². The quantitative estimate of drug-likeness (QED) is 0.320. The Morgan fingerprint density at radius 1 is 0.955 bits per heavy atom. The van der Waals surface area contributed by atoms with Crippen LogP contribution in [0, 0.1) is 11.8 Å². The molecule has 0 amide bonds. The lowest BCUT2D eigenvalue weighted by Crippen LogP contribution is -2.60. The largest absolute Gasteiger partial charge is 0.393 e. The monoisotopic (exact) mass is 388 g/mol. The number of ether oxygens (including phenoxy) is 3. The number of hydrogen-bond donors (Lipinski definition) is 0. The van der Waals surface area contributed by atoms with Crippen molar-refractivity contribution in [3.63, 3.8) is 0 Å². The van der Waals surface area contributed by atoms with Gasteiger partial charge in [-0.3, -0.25) is 9.59 Å². The number of fused-ring (bicyclic) bond motifs is 5. The van der Waals surface area contributed by atoms with Gasteiger partial charge < -0.3 is 14.2 Å². The van der Waals surface area contributed by atoms with Crippen LogP contribution in [-0.4, -0.2) is 40.7 Å². The highest BCUT2D eigenvalue weighted by Crippen LogP contribution is 2.75. The summed E-state index contributed by atoms with van der Waals surface area (Å²) in [6.07, 6.45) is 0. The van der Waals surface area contributed by atoms with Crippen molar-refractivity contribution >= 4 is 58.3 Å². The molecule has 0 radical (unpaired) electrons. The van der Waals surface area contributed by atoms with Crippen LogP contribution in [0.1, 0.15) is 13.8 Å². The van der Waals surface area contributed by atoms with Crippen molar-refractivity contribution in [2.75, 3.05) is 13.2 Å². The van der Waals surface area contributed by atoms with E-state index in [4.69, 9.17) is 55.9 Å². The maximum Gasteiger partial charge on any atom is 0.319 e. The second-order valence-electron chi connectivity index (χ2n) is 5.23. The maximum absolute atomic E-state index is 12.1. The average molecular weight is 390 g/mol. The number of rotatable bonds is 4. The van der Waals surface area contributed by atoms with Gasteiger partial charge in [0.1, 0.15) is 11.8 Å². The molecule has 0 aromatic rings. The van der Waals surface area contributed by atoms with Crippen molar-refractivity contribution in [1.82, 2.24) is 0 Å². The summed E-state index contributed by atoms with van der Waals surface area (Å²) in [6.45, 7) is 3.74. The molecule has 122 valence electrons. The van der Waals surface area contributed by atoms with Gasteiger partial charge in [-0.05, 0) is 13.8 Å². The predicted molar refractivity (Wildman–Crippen MR) is 80.0 cm³/mol. The van der Waals surface area contributed by atoms with Crippen molar-refractivity contribution in [2.45, 2.75) is 29.4 Å². The first-order chi connectivity index (χ1) is 10.2. The topological polar surface area (TPSA) is 61.8 Å². The maximum atomic E-state index is 12.1. The van der Waals surface area contributed by atoms with E-state index < -0.39 is 39.3 Å². The SMILES string of the molecule is CCOC1(OCC)[C@@]2(Cl)C(Cl)=C(Cl)[C@]1(Cl)[C@H]1C(=O)OC(=O)[C@@H]12. The third-order valence-corrected chi connectivity index (χ3v) is 6.99. The highest BCUT2D eigenvalue weighted by Gasteiger charge is 2.90. The molecule has 1 saturated carbocycles. The summed E-state index contributed by atoms with van der Waals surface area (Å²) in [5, 5.41) is -0.110. The van der Waals surface area contributed by atoms with Crippen molar-refractivity contribution in [3.8, 4) is 0 Å². The highest BCUT2D eigenvalue weighted by molar-refractivity contribution is 6.53. The van der Waals surface area contributed by atoms with Crippen LogP contribution in [0.25, 0.3) is 0 Å². The van der Waals surface area contributed by atoms with Crippen molar-refractivity contribution in [2.24, 2.45) is 11.8 Å². The molecule has 0 spiro atoms. The average Bonchev–Trinajstić information content (AvgIpc) is 2.89. The zero-order valence-corrected chi connectivity index (χ0v) is 14.6. The zero-order chi connectivity index (χ0) is 16.5. The smallest absolute Gasteiger partial charge is 0.319 e. The molecule has 4 atom stereocenters. The van der Waals surface area contributed by atoms with Gasteiger partial charge >= 0.3 is 11.9 Å². The van der Waals surface area contributed by atoms with E-state index >= 15 is 0 Å². The van der Waals surface area contributed by atoms with E-state index in [1.807, 2.05) is 0 Å². The van der Waals surface area contributed by atoms with Gasteiger partial charge in [0.05, 0.1) is 10.1 Å². The first kappa shape index (κ1) is 16.8. The van der Waals surface area contributed by atoms with Gasteiger partial charge in [0.15, 0.2) is 9.75 Å². The van der Waals surface area contributed by atoms with Gasteiger partial charge in [-0.1, -0.05) is 23.2 Å². The van der Waals surface area contributed by atoms with Crippen LogP contribution in [0.5, 0.6) is 0 Å². The summed E-state index contributed by atoms with van der Waals surface area (Å²) in [5.41, 5.74) is 0. The van der Waals surface area contributed by atoms with Crippen LogP contribution in [0.2, 0.25) is 0 Å². The Balaban J connectivity index is 2.32. The van der Waals surface area contributed by atoms with Crippen molar-refractivity contribution in [1.29, 1.82) is 0 Å². The van der Waals surface area contributed by atoms with E-state index in [0.29, 0.717) is 0 Å². The van der Waals surface area contributed by atoms with E-state index in [2.05, 4.69) is 4.74 Å². The molecule has 2 aliphatic carbocycles. The normalized spacial score (nSPS) is 42.1. The number of alkyl halides is 2. The summed E-state index contributed by atoms with van der Waals surface area (Å²) >= 11 is 26.0. The summed E-state index contributed by atoms with van der Waals surface area (Å²) in [6, 6.07) is 0. The number of hydrogen-bond acceptors (Lipinski definition) is 5. The van der Waals surface area contributed by atoms with Gasteiger partial charge in [-0.15, -0.1) is 23.2 Å². The third kappa shape index (κ3) is 1.47. The van der Waals surface area contributed by atoms with Crippen molar-refractivity contribution < 1.29 is 23.8 Å². The van der Waals surface area contributed by atoms with E-state index in [-0.39, 0.29) is 23.3 Å². The highest BCUT2D eigenvalue weighted by atomic mass is 35.5. The molecular weight excluding hydrogens is 378 g/mol. The second-order valence-corrected chi connectivity index (χ2v) is 7.18. The minimum atomic E-state index is -1.73. The molecule has 3 rings (SSSR count). The fourth-order valence-electron chi connectivity index (χ4n) is 3.71. The lowest BCUT2D eigenvalue weighted by atomic mass is 9.84. The Morgan fingerprint density at radius 3 is 1.64 bits per heavy atom. The molecular formula is C13H12Cl4O5. The zero-order valence-electron chi connectivity index (χ0n) is 11.6. The molecule has 3 aliphatic rings. The number of esters is 2. The molecule has 0 aromatic carbocycles. The summed E-state index contributed by atoms with van der Waals surface area (Å²) < 4.78 is 16.2. The van der Waals surface area contributed by atoms with Crippen molar-refractivity contribution in [3.05, 3.63) is 10.1 Å². The number of halogens is 4. The Hall–Kier alpha value is -0.0400. The fourth-order valence-corrected chi connectivity index (χ4v) is 5.77. The predicted octanol–water partition coefficient (Wildman–Crippen LogP) is 2.74. The fraction of sp³-hybridized carbons (Fsp3) is 0.692. The minimum absolute atomic E-state index is 0.0550. The molecule has 9 heteroatoms. The van der Waals surface area contributed by atoms with Crippen LogP contribution in [0.15, 0.2) is 10.1 Å².